The molecule has 0 aromatic heterocycles. The fraction of sp³-hybridized carbons (Fsp3) is 0.778. The molecule has 1 aliphatic carbocycles. The number of ketones is 2. The highest BCUT2D eigenvalue weighted by Gasteiger charge is 2.64. The van der Waals surface area contributed by atoms with Crippen LogP contribution in [0, 0.1) is 5.92 Å². The maximum atomic E-state index is 12.7. The van der Waals surface area contributed by atoms with Crippen LogP contribution in [0.15, 0.2) is 0 Å². The van der Waals surface area contributed by atoms with E-state index < -0.39 is 29.6 Å². The molecule has 0 aromatic carbocycles. The van der Waals surface area contributed by atoms with Gasteiger partial charge in [0.15, 0.2) is 0 Å². The average Bonchev–Trinajstić information content (AvgIpc) is 2.15. The molecule has 0 amide bonds. The van der Waals surface area contributed by atoms with Gasteiger partial charge in [-0.1, -0.05) is 6.42 Å². The van der Waals surface area contributed by atoms with Gasteiger partial charge in [-0.05, 0) is 12.8 Å². The number of Topliss-reactive ketones (excluding diaryl/α,β-unsaturated/α-hetero) is 2. The largest absolute Gasteiger partial charge is 0.461 e. The van der Waals surface area contributed by atoms with E-state index in [2.05, 4.69) is 0 Å². The van der Waals surface area contributed by atoms with Crippen molar-refractivity contribution in [2.24, 2.45) is 5.92 Å². The molecule has 16 heavy (non-hydrogen) atoms. The summed E-state index contributed by atoms with van der Waals surface area (Å²) in [5, 5.41) is 0. The molecule has 0 N–H and O–H groups in total. The van der Waals surface area contributed by atoms with Crippen molar-refractivity contribution in [1.82, 2.24) is 0 Å². The molecule has 1 aliphatic rings. The van der Waals surface area contributed by atoms with Crippen LogP contribution in [-0.2, 0) is 9.59 Å². The molecule has 0 aromatic rings. The summed E-state index contributed by atoms with van der Waals surface area (Å²) >= 11 is 0. The number of carbonyl (C=O) groups is 2. The number of carbonyl (C=O) groups excluding carboxylic acids is 2. The molecule has 0 radical (unpaired) electrons. The van der Waals surface area contributed by atoms with Gasteiger partial charge >= 0.3 is 12.1 Å². The van der Waals surface area contributed by atoms with Gasteiger partial charge in [-0.25, -0.2) is 0 Å². The molecular weight excluding hydrogens is 235 g/mol. The van der Waals surface area contributed by atoms with Crippen molar-refractivity contribution in [1.29, 1.82) is 0 Å². The topological polar surface area (TPSA) is 34.1 Å². The molecule has 2 nitrogen and oxygen atoms in total. The monoisotopic (exact) mass is 244 g/mol. The Morgan fingerprint density at radius 1 is 1.12 bits per heavy atom. The fourth-order valence-corrected chi connectivity index (χ4v) is 1.62. The van der Waals surface area contributed by atoms with Crippen molar-refractivity contribution in [3.05, 3.63) is 0 Å². The van der Waals surface area contributed by atoms with E-state index in [1.807, 2.05) is 0 Å². The lowest BCUT2D eigenvalue weighted by Crippen LogP contribution is -2.49. The Labute approximate surface area is 87.8 Å². The van der Waals surface area contributed by atoms with Crippen LogP contribution in [-0.4, -0.2) is 23.7 Å². The predicted molar refractivity (Wildman–Crippen MR) is 43.0 cm³/mol. The van der Waals surface area contributed by atoms with E-state index in [0.29, 0.717) is 12.8 Å². The molecule has 0 bridgehead atoms. The van der Waals surface area contributed by atoms with Crippen LogP contribution in [0.5, 0.6) is 0 Å². The molecule has 0 aliphatic heterocycles. The summed E-state index contributed by atoms with van der Waals surface area (Å²) in [5.41, 5.74) is 0. The first-order chi connectivity index (χ1) is 7.18. The van der Waals surface area contributed by atoms with Crippen LogP contribution in [0.3, 0.4) is 0 Å². The van der Waals surface area contributed by atoms with Gasteiger partial charge in [-0.2, -0.15) is 22.0 Å². The van der Waals surface area contributed by atoms with Crippen molar-refractivity contribution in [2.75, 3.05) is 0 Å². The Balaban J connectivity index is 2.88. The summed E-state index contributed by atoms with van der Waals surface area (Å²) in [7, 11) is 0. The zero-order chi connectivity index (χ0) is 12.6. The third-order valence-electron chi connectivity index (χ3n) is 2.54. The van der Waals surface area contributed by atoms with E-state index in [4.69, 9.17) is 0 Å². The second-order valence-corrected chi connectivity index (χ2v) is 3.70. The molecule has 0 unspecified atom stereocenters. The van der Waals surface area contributed by atoms with Gasteiger partial charge in [0, 0.05) is 6.42 Å². The van der Waals surface area contributed by atoms with Crippen LogP contribution >= 0.6 is 0 Å². The Kier molecular flexibility index (Phi) is 3.35. The Morgan fingerprint density at radius 3 is 2.12 bits per heavy atom. The lowest BCUT2D eigenvalue weighted by Gasteiger charge is -2.25. The van der Waals surface area contributed by atoms with Gasteiger partial charge in [0.05, 0.1) is 5.92 Å². The molecule has 0 saturated heterocycles. The zero-order valence-electron chi connectivity index (χ0n) is 8.11. The Bertz CT molecular complexity index is 308. The van der Waals surface area contributed by atoms with Crippen LogP contribution in [0.4, 0.5) is 22.0 Å². The van der Waals surface area contributed by atoms with E-state index in [1.165, 1.54) is 0 Å². The van der Waals surface area contributed by atoms with Crippen molar-refractivity contribution >= 4 is 11.6 Å². The van der Waals surface area contributed by atoms with Gasteiger partial charge < -0.3 is 0 Å². The third kappa shape index (κ3) is 2.22. The summed E-state index contributed by atoms with van der Waals surface area (Å²) in [5.74, 6) is -10.4. The zero-order valence-corrected chi connectivity index (χ0v) is 8.11. The highest BCUT2D eigenvalue weighted by molar-refractivity contribution is 6.06. The Morgan fingerprint density at radius 2 is 1.69 bits per heavy atom. The molecule has 1 rings (SSSR count). The molecule has 0 spiro atoms. The van der Waals surface area contributed by atoms with Gasteiger partial charge in [-0.3, -0.25) is 9.59 Å². The normalized spacial score (nSPS) is 23.3. The third-order valence-corrected chi connectivity index (χ3v) is 2.54. The lowest BCUT2D eigenvalue weighted by molar-refractivity contribution is -0.270. The molecule has 92 valence electrons. The minimum Gasteiger partial charge on any atom is -0.299 e. The second-order valence-electron chi connectivity index (χ2n) is 3.70. The minimum absolute atomic E-state index is 0.107. The highest BCUT2D eigenvalue weighted by atomic mass is 19.4. The summed E-state index contributed by atoms with van der Waals surface area (Å²) in [6.45, 7) is 0. The fourth-order valence-electron chi connectivity index (χ4n) is 1.62. The SMILES string of the molecule is O=C1CCCC[C@@H]1C(=O)C(F)(F)C(F)(F)F. The van der Waals surface area contributed by atoms with Crippen molar-refractivity contribution in [3.8, 4) is 0 Å². The molecule has 7 heteroatoms. The van der Waals surface area contributed by atoms with Crippen LogP contribution in [0.2, 0.25) is 0 Å². The number of rotatable bonds is 2. The number of hydrogen-bond acceptors (Lipinski definition) is 2. The molecule has 1 atom stereocenters. The average molecular weight is 244 g/mol. The predicted octanol–water partition coefficient (Wildman–Crippen LogP) is 2.51. The number of halogens is 5. The maximum absolute atomic E-state index is 12.7. The quantitative estimate of drug-likeness (QED) is 0.552. The summed E-state index contributed by atoms with van der Waals surface area (Å²) in [6.07, 6.45) is -5.51. The lowest BCUT2D eigenvalue weighted by atomic mass is 9.83. The van der Waals surface area contributed by atoms with Gasteiger partial charge in [0.2, 0.25) is 5.78 Å². The smallest absolute Gasteiger partial charge is 0.299 e. The van der Waals surface area contributed by atoms with Gasteiger partial charge in [0.25, 0.3) is 0 Å². The number of hydrogen-bond donors (Lipinski definition) is 0. The van der Waals surface area contributed by atoms with E-state index in [0.717, 1.165) is 0 Å². The van der Waals surface area contributed by atoms with E-state index in [-0.39, 0.29) is 12.8 Å². The van der Waals surface area contributed by atoms with Crippen LogP contribution < -0.4 is 0 Å². The summed E-state index contributed by atoms with van der Waals surface area (Å²) < 4.78 is 61.0. The molecule has 0 heterocycles. The minimum atomic E-state index is -5.93. The first kappa shape index (κ1) is 13.1. The first-order valence-corrected chi connectivity index (χ1v) is 4.69. The second kappa shape index (κ2) is 4.10. The first-order valence-electron chi connectivity index (χ1n) is 4.69. The summed E-state index contributed by atoms with van der Waals surface area (Å²) in [4.78, 5) is 22.1. The van der Waals surface area contributed by atoms with Crippen molar-refractivity contribution < 1.29 is 31.5 Å². The maximum Gasteiger partial charge on any atom is 0.461 e. The van der Waals surface area contributed by atoms with E-state index in [9.17, 15) is 31.5 Å². The van der Waals surface area contributed by atoms with Crippen molar-refractivity contribution in [2.45, 2.75) is 37.8 Å². The molecule has 1 fully saturated rings. The molecule has 1 saturated carbocycles. The summed E-state index contributed by atoms with van der Waals surface area (Å²) in [6, 6.07) is 0. The van der Waals surface area contributed by atoms with Crippen molar-refractivity contribution in [3.63, 3.8) is 0 Å². The molecular formula is C9H9F5O2. The van der Waals surface area contributed by atoms with Crippen LogP contribution in [0.25, 0.3) is 0 Å². The van der Waals surface area contributed by atoms with Gasteiger partial charge in [0.1, 0.15) is 5.78 Å². The standard InChI is InChI=1S/C9H9F5O2/c10-8(11,9(12,13)14)7(16)5-3-1-2-4-6(5)15/h5H,1-4H2/t5-/m0/s1. The van der Waals surface area contributed by atoms with E-state index >= 15 is 0 Å². The number of alkyl halides is 5. The van der Waals surface area contributed by atoms with E-state index in [1.54, 1.807) is 0 Å². The highest BCUT2D eigenvalue weighted by Crippen LogP contribution is 2.39. The Hall–Kier alpha value is -1.01. The van der Waals surface area contributed by atoms with Crippen LogP contribution in [0.1, 0.15) is 25.7 Å². The van der Waals surface area contributed by atoms with Gasteiger partial charge in [-0.15, -0.1) is 0 Å².